The van der Waals surface area contributed by atoms with Crippen LogP contribution in [0, 0.1) is 17.8 Å². The number of nitrogens with zero attached hydrogens (tertiary/aromatic N) is 1. The molecule has 2 saturated heterocycles. The van der Waals surface area contributed by atoms with Crippen LogP contribution in [0.1, 0.15) is 45.1 Å². The van der Waals surface area contributed by atoms with Crippen LogP contribution in [0.3, 0.4) is 0 Å². The third kappa shape index (κ3) is 3.97. The molecular formula is C24H30BNO5. The first-order chi connectivity index (χ1) is 14.8. The lowest BCUT2D eigenvalue weighted by atomic mass is 9.58. The number of para-hydroxylation sites is 1. The molecule has 31 heavy (non-hydrogen) atoms. The molecule has 0 saturated carbocycles. The van der Waals surface area contributed by atoms with Crippen molar-refractivity contribution in [1.29, 1.82) is 0 Å². The van der Waals surface area contributed by atoms with Gasteiger partial charge in [-0.3, -0.25) is 14.5 Å². The number of benzene rings is 1. The van der Waals surface area contributed by atoms with E-state index < -0.39 is 7.12 Å². The van der Waals surface area contributed by atoms with Gasteiger partial charge in [-0.1, -0.05) is 42.3 Å². The Balaban J connectivity index is 1.58. The molecule has 7 heteroatoms. The van der Waals surface area contributed by atoms with Gasteiger partial charge < -0.3 is 14.8 Å². The summed E-state index contributed by atoms with van der Waals surface area (Å²) in [6, 6.07) is 7.21. The molecule has 3 aliphatic rings. The van der Waals surface area contributed by atoms with Crippen molar-refractivity contribution < 1.29 is 24.4 Å². The minimum atomic E-state index is -0.938. The van der Waals surface area contributed by atoms with E-state index in [-0.39, 0.29) is 41.4 Å². The number of carbonyl (C=O) groups excluding carboxylic acids is 2. The highest BCUT2D eigenvalue weighted by Crippen LogP contribution is 2.50. The number of phenols is 1. The smallest absolute Gasteiger partial charge is 0.455 e. The SMILES string of the molecule is CCC1=C2[C@@H](CC/C(C)=C/c3ccccc3O)OB(O)C[C@@H]2[C@@H]2C(=O)N(C)C(=O)[C@@H]2C1. The normalized spacial score (nSPS) is 28.8. The zero-order valence-electron chi connectivity index (χ0n) is 18.4. The van der Waals surface area contributed by atoms with Crippen molar-refractivity contribution in [3.63, 3.8) is 0 Å². The molecular weight excluding hydrogens is 393 g/mol. The van der Waals surface area contributed by atoms with E-state index in [2.05, 4.69) is 6.92 Å². The predicted octanol–water partition coefficient (Wildman–Crippen LogP) is 3.41. The van der Waals surface area contributed by atoms with Crippen molar-refractivity contribution in [3.05, 3.63) is 46.5 Å². The molecule has 2 fully saturated rings. The van der Waals surface area contributed by atoms with Gasteiger partial charge in [-0.2, -0.15) is 0 Å². The number of hydrogen-bond acceptors (Lipinski definition) is 5. The van der Waals surface area contributed by atoms with E-state index in [9.17, 15) is 19.7 Å². The van der Waals surface area contributed by atoms with Crippen molar-refractivity contribution in [2.75, 3.05) is 7.05 Å². The van der Waals surface area contributed by atoms with Crippen LogP contribution in [0.4, 0.5) is 0 Å². The summed E-state index contributed by atoms with van der Waals surface area (Å²) >= 11 is 0. The average Bonchev–Trinajstić information content (AvgIpc) is 2.97. The Bertz CT molecular complexity index is 955. The van der Waals surface area contributed by atoms with E-state index in [4.69, 9.17) is 4.65 Å². The van der Waals surface area contributed by atoms with E-state index in [1.165, 1.54) is 10.5 Å². The van der Waals surface area contributed by atoms with Crippen LogP contribution in [0.25, 0.3) is 6.08 Å². The van der Waals surface area contributed by atoms with Gasteiger partial charge in [-0.25, -0.2) is 0 Å². The molecule has 1 aliphatic carbocycles. The van der Waals surface area contributed by atoms with Gasteiger partial charge in [0.1, 0.15) is 5.75 Å². The number of likely N-dealkylation sites (tertiary alicyclic amines) is 1. The molecule has 0 bridgehead atoms. The van der Waals surface area contributed by atoms with Gasteiger partial charge in [0.05, 0.1) is 17.9 Å². The van der Waals surface area contributed by atoms with E-state index in [0.29, 0.717) is 19.2 Å². The van der Waals surface area contributed by atoms with E-state index >= 15 is 0 Å². The third-order valence-corrected chi connectivity index (χ3v) is 7.09. The Hall–Kier alpha value is -2.38. The lowest BCUT2D eigenvalue weighted by Gasteiger charge is -2.43. The topological polar surface area (TPSA) is 87.1 Å². The number of aromatic hydroxyl groups is 1. The number of hydrogen-bond donors (Lipinski definition) is 2. The average molecular weight is 423 g/mol. The molecule has 6 nitrogen and oxygen atoms in total. The van der Waals surface area contributed by atoms with Gasteiger partial charge in [0.2, 0.25) is 11.8 Å². The Morgan fingerprint density at radius 1 is 1.26 bits per heavy atom. The maximum absolute atomic E-state index is 12.8. The van der Waals surface area contributed by atoms with Crippen LogP contribution in [-0.2, 0) is 14.2 Å². The van der Waals surface area contributed by atoms with E-state index in [1.54, 1.807) is 19.2 Å². The maximum atomic E-state index is 12.8. The zero-order chi connectivity index (χ0) is 22.3. The largest absolute Gasteiger partial charge is 0.507 e. The highest BCUT2D eigenvalue weighted by molar-refractivity contribution is 6.43. The van der Waals surface area contributed by atoms with Gasteiger partial charge >= 0.3 is 7.12 Å². The Morgan fingerprint density at radius 3 is 2.71 bits per heavy atom. The molecule has 2 N–H and O–H groups in total. The fourth-order valence-corrected chi connectivity index (χ4v) is 5.57. The zero-order valence-corrected chi connectivity index (χ0v) is 18.4. The van der Waals surface area contributed by atoms with Crippen LogP contribution in [0.15, 0.2) is 41.0 Å². The molecule has 164 valence electrons. The molecule has 4 rings (SSSR count). The summed E-state index contributed by atoms with van der Waals surface area (Å²) in [5, 5.41) is 20.5. The summed E-state index contributed by atoms with van der Waals surface area (Å²) in [4.78, 5) is 26.7. The number of allylic oxidation sites excluding steroid dienone is 2. The Kier molecular flexibility index (Phi) is 6.08. The molecule has 2 aliphatic heterocycles. The molecule has 2 amide bonds. The fraction of sp³-hybridized carbons (Fsp3) is 0.500. The molecule has 4 atom stereocenters. The predicted molar refractivity (Wildman–Crippen MR) is 119 cm³/mol. The number of amides is 2. The monoisotopic (exact) mass is 423 g/mol. The van der Waals surface area contributed by atoms with Crippen molar-refractivity contribution in [1.82, 2.24) is 4.90 Å². The highest BCUT2D eigenvalue weighted by atomic mass is 16.5. The Morgan fingerprint density at radius 2 is 2.00 bits per heavy atom. The number of carbonyl (C=O) groups is 2. The second-order valence-corrected chi connectivity index (χ2v) is 8.99. The summed E-state index contributed by atoms with van der Waals surface area (Å²) in [7, 11) is 0.626. The van der Waals surface area contributed by atoms with Crippen LogP contribution in [0.2, 0.25) is 6.32 Å². The number of rotatable bonds is 5. The lowest BCUT2D eigenvalue weighted by molar-refractivity contribution is -0.138. The summed E-state index contributed by atoms with van der Waals surface area (Å²) in [5.41, 5.74) is 4.19. The molecule has 0 radical (unpaired) electrons. The van der Waals surface area contributed by atoms with Crippen molar-refractivity contribution >= 4 is 25.0 Å². The second kappa shape index (κ2) is 8.63. The minimum absolute atomic E-state index is 0.0982. The van der Waals surface area contributed by atoms with Crippen molar-refractivity contribution in [2.24, 2.45) is 17.8 Å². The first kappa shape index (κ1) is 21.8. The lowest BCUT2D eigenvalue weighted by Crippen LogP contribution is -2.46. The van der Waals surface area contributed by atoms with Crippen LogP contribution >= 0.6 is 0 Å². The van der Waals surface area contributed by atoms with Gasteiger partial charge in [-0.05, 0) is 56.5 Å². The summed E-state index contributed by atoms with van der Waals surface area (Å²) < 4.78 is 5.96. The summed E-state index contributed by atoms with van der Waals surface area (Å²) in [5.74, 6) is -0.827. The molecule has 0 unspecified atom stereocenters. The van der Waals surface area contributed by atoms with Gasteiger partial charge in [0.15, 0.2) is 0 Å². The second-order valence-electron chi connectivity index (χ2n) is 8.99. The summed E-state index contributed by atoms with van der Waals surface area (Å²) in [6.45, 7) is 4.10. The van der Waals surface area contributed by atoms with Gasteiger partial charge in [0.25, 0.3) is 0 Å². The highest BCUT2D eigenvalue weighted by Gasteiger charge is 2.56. The third-order valence-electron chi connectivity index (χ3n) is 7.09. The summed E-state index contributed by atoms with van der Waals surface area (Å²) in [6.07, 6.45) is 4.87. The number of fused-ring (bicyclic) bond motifs is 3. The van der Waals surface area contributed by atoms with Crippen molar-refractivity contribution in [2.45, 2.75) is 52.0 Å². The first-order valence-electron chi connectivity index (χ1n) is 11.1. The van der Waals surface area contributed by atoms with E-state index in [1.807, 2.05) is 25.1 Å². The number of imide groups is 1. The molecule has 1 aromatic carbocycles. The fourth-order valence-electron chi connectivity index (χ4n) is 5.57. The molecule has 2 heterocycles. The quantitative estimate of drug-likeness (QED) is 0.431. The molecule has 0 spiro atoms. The van der Waals surface area contributed by atoms with Gasteiger partial charge in [0, 0.05) is 12.6 Å². The van der Waals surface area contributed by atoms with Crippen LogP contribution in [0.5, 0.6) is 5.75 Å². The van der Waals surface area contributed by atoms with Gasteiger partial charge in [-0.15, -0.1) is 0 Å². The maximum Gasteiger partial charge on any atom is 0.455 e. The van der Waals surface area contributed by atoms with Crippen LogP contribution in [-0.4, -0.2) is 47.1 Å². The standard InChI is InChI=1S/C24H30BNO5/c1-4-15-12-17-22(24(29)26(3)23(17)28)18-13-25(30)31-20(21(15)18)10-9-14(2)11-16-7-5-6-8-19(16)27/h5-8,11,17-18,20,22,27,30H,4,9-10,12-13H2,1-3H3/b14-11+/t17-,18+,20-,22-/m1/s1. The molecule has 1 aromatic rings. The van der Waals surface area contributed by atoms with E-state index in [0.717, 1.165) is 29.6 Å². The first-order valence-corrected chi connectivity index (χ1v) is 11.1. The van der Waals surface area contributed by atoms with Crippen molar-refractivity contribution in [3.8, 4) is 5.75 Å². The molecule has 0 aromatic heterocycles. The van der Waals surface area contributed by atoms with Crippen LogP contribution < -0.4 is 0 Å². The minimum Gasteiger partial charge on any atom is -0.507 e. The Labute approximate surface area is 183 Å². The number of phenolic OH excluding ortho intramolecular Hbond substituents is 1.